The highest BCUT2D eigenvalue weighted by molar-refractivity contribution is 9.10. The highest BCUT2D eigenvalue weighted by Crippen LogP contribution is 2.46. The molecule has 3 N–H and O–H groups in total. The van der Waals surface area contributed by atoms with Crippen molar-refractivity contribution in [2.24, 2.45) is 0 Å². The highest BCUT2D eigenvalue weighted by atomic mass is 79.9. The van der Waals surface area contributed by atoms with Crippen molar-refractivity contribution < 1.29 is 36.5 Å². The van der Waals surface area contributed by atoms with Gasteiger partial charge in [-0.3, -0.25) is 0 Å². The molecule has 41 heavy (non-hydrogen) atoms. The first-order chi connectivity index (χ1) is 19.4. The standard InChI is InChI=1S/C28H37BrN2O8S2/c1-20-13-25(5-6-26(20)29)41(36,37)31-11-9-27(10-12-31)15-21(17-39-27)30-16-22(33)18-38-23-3-2-4-24(14-23)40(34,35)28(19-32)7-8-28/h2-6,13-14,21-22,30,32-33H,7-12,15-19H2,1H3/t21-,22?/m0/s1. The number of aryl methyl sites for hydroxylation is 1. The molecule has 0 aromatic heterocycles. The maximum Gasteiger partial charge on any atom is 0.243 e. The molecule has 13 heteroatoms. The number of nitrogens with one attached hydrogen (secondary N) is 1. The van der Waals surface area contributed by atoms with Crippen LogP contribution in [0.5, 0.6) is 5.75 Å². The Kier molecular flexibility index (Phi) is 8.91. The van der Waals surface area contributed by atoms with Crippen LogP contribution in [0.15, 0.2) is 56.7 Å². The molecule has 2 aromatic carbocycles. The van der Waals surface area contributed by atoms with Crippen LogP contribution in [0, 0.1) is 6.92 Å². The molecule has 2 heterocycles. The van der Waals surface area contributed by atoms with E-state index in [-0.39, 0.29) is 29.7 Å². The molecule has 0 amide bonds. The number of nitrogens with zero attached hydrogens (tertiary/aromatic N) is 1. The van der Waals surface area contributed by atoms with E-state index in [1.54, 1.807) is 30.3 Å². The summed E-state index contributed by atoms with van der Waals surface area (Å²) in [5, 5.41) is 23.4. The maximum absolute atomic E-state index is 13.2. The molecule has 1 aliphatic carbocycles. The molecule has 0 radical (unpaired) electrons. The molecule has 2 saturated heterocycles. The number of aliphatic hydroxyl groups excluding tert-OH is 2. The van der Waals surface area contributed by atoms with Crippen molar-refractivity contribution in [2.75, 3.05) is 39.5 Å². The Balaban J connectivity index is 1.08. The van der Waals surface area contributed by atoms with Crippen LogP contribution >= 0.6 is 15.9 Å². The number of rotatable bonds is 11. The minimum Gasteiger partial charge on any atom is -0.491 e. The third-order valence-corrected chi connectivity index (χ3v) is 13.8. The van der Waals surface area contributed by atoms with E-state index in [1.807, 2.05) is 6.92 Å². The fourth-order valence-electron chi connectivity index (χ4n) is 5.57. The Bertz CT molecular complexity index is 1470. The van der Waals surface area contributed by atoms with Crippen molar-refractivity contribution in [3.8, 4) is 5.75 Å². The summed E-state index contributed by atoms with van der Waals surface area (Å²) in [6, 6.07) is 11.2. The molecular weight excluding hydrogens is 636 g/mol. The summed E-state index contributed by atoms with van der Waals surface area (Å²) in [6.07, 6.45) is 1.97. The van der Waals surface area contributed by atoms with Crippen molar-refractivity contribution in [3.05, 3.63) is 52.5 Å². The van der Waals surface area contributed by atoms with Gasteiger partial charge in [0, 0.05) is 30.1 Å². The molecule has 10 nitrogen and oxygen atoms in total. The van der Waals surface area contributed by atoms with Crippen molar-refractivity contribution in [1.29, 1.82) is 0 Å². The molecule has 1 unspecified atom stereocenters. The number of aliphatic hydroxyl groups is 2. The summed E-state index contributed by atoms with van der Waals surface area (Å²) in [7, 11) is -7.24. The number of ether oxygens (including phenoxy) is 2. The second-order valence-corrected chi connectivity index (χ2v) is 16.5. The molecule has 2 aliphatic heterocycles. The molecule has 1 saturated carbocycles. The summed E-state index contributed by atoms with van der Waals surface area (Å²) in [5.74, 6) is 0.335. The van der Waals surface area contributed by atoms with E-state index in [1.165, 1.54) is 16.4 Å². The van der Waals surface area contributed by atoms with Crippen molar-refractivity contribution in [2.45, 2.75) is 71.3 Å². The van der Waals surface area contributed by atoms with Crippen molar-refractivity contribution in [3.63, 3.8) is 0 Å². The van der Waals surface area contributed by atoms with Gasteiger partial charge >= 0.3 is 0 Å². The van der Waals surface area contributed by atoms with Crippen molar-refractivity contribution >= 4 is 35.8 Å². The van der Waals surface area contributed by atoms with Gasteiger partial charge in [0.1, 0.15) is 18.5 Å². The van der Waals surface area contributed by atoms with Crippen LogP contribution in [-0.2, 0) is 24.6 Å². The van der Waals surface area contributed by atoms with Crippen LogP contribution in [-0.4, -0.2) is 93.3 Å². The van der Waals surface area contributed by atoms with Gasteiger partial charge in [-0.2, -0.15) is 4.31 Å². The zero-order valence-corrected chi connectivity index (χ0v) is 26.2. The monoisotopic (exact) mass is 672 g/mol. The average Bonchev–Trinajstić information content (AvgIpc) is 3.69. The predicted octanol–water partition coefficient (Wildman–Crippen LogP) is 2.40. The van der Waals surface area contributed by atoms with Gasteiger partial charge in [-0.25, -0.2) is 16.8 Å². The van der Waals surface area contributed by atoms with E-state index < -0.39 is 37.3 Å². The number of hydrogen-bond acceptors (Lipinski definition) is 9. The average molecular weight is 674 g/mol. The zero-order chi connectivity index (χ0) is 29.5. The number of sulfonamides is 1. The Labute approximate surface area is 250 Å². The van der Waals surface area contributed by atoms with Crippen LogP contribution in [0.4, 0.5) is 0 Å². The van der Waals surface area contributed by atoms with Gasteiger partial charge in [0.2, 0.25) is 10.0 Å². The molecule has 226 valence electrons. The van der Waals surface area contributed by atoms with Crippen LogP contribution in [0.25, 0.3) is 0 Å². The first-order valence-corrected chi connectivity index (χ1v) is 17.5. The summed E-state index contributed by atoms with van der Waals surface area (Å²) in [6.45, 7) is 2.94. The van der Waals surface area contributed by atoms with Gasteiger partial charge in [0.15, 0.2) is 9.84 Å². The van der Waals surface area contributed by atoms with Gasteiger partial charge in [0.25, 0.3) is 0 Å². The van der Waals surface area contributed by atoms with Crippen molar-refractivity contribution in [1.82, 2.24) is 9.62 Å². The van der Waals surface area contributed by atoms with E-state index in [0.717, 1.165) is 16.5 Å². The molecule has 0 bridgehead atoms. The SMILES string of the molecule is Cc1cc(S(=O)(=O)N2CCC3(CC2)C[C@H](NCC(O)COc2cccc(S(=O)(=O)C4(CO)CC4)c2)CO3)ccc1Br. The molecular formula is C28H37BrN2O8S2. The Morgan fingerprint density at radius 2 is 1.83 bits per heavy atom. The van der Waals surface area contributed by atoms with Gasteiger partial charge in [-0.05, 0) is 81.0 Å². The predicted molar refractivity (Wildman–Crippen MR) is 156 cm³/mol. The largest absolute Gasteiger partial charge is 0.491 e. The summed E-state index contributed by atoms with van der Waals surface area (Å²) in [5.41, 5.74) is 0.478. The number of benzene rings is 2. The van der Waals surface area contributed by atoms with E-state index in [2.05, 4.69) is 21.2 Å². The minimum absolute atomic E-state index is 0.0172. The zero-order valence-electron chi connectivity index (χ0n) is 23.0. The number of piperidine rings is 1. The second-order valence-electron chi connectivity index (χ2n) is 11.4. The normalized spacial score (nSPS) is 23.0. The smallest absolute Gasteiger partial charge is 0.243 e. The van der Waals surface area contributed by atoms with Crippen LogP contribution in [0.3, 0.4) is 0 Å². The van der Waals surface area contributed by atoms with Gasteiger partial charge in [0.05, 0.1) is 33.4 Å². The summed E-state index contributed by atoms with van der Waals surface area (Å²) in [4.78, 5) is 0.399. The lowest BCUT2D eigenvalue weighted by molar-refractivity contribution is -0.0312. The molecule has 5 rings (SSSR count). The van der Waals surface area contributed by atoms with Gasteiger partial charge in [-0.15, -0.1) is 0 Å². The lowest BCUT2D eigenvalue weighted by atomic mass is 9.88. The van der Waals surface area contributed by atoms with Gasteiger partial charge in [-0.1, -0.05) is 22.0 Å². The number of halogens is 1. The third kappa shape index (κ3) is 6.37. The topological polar surface area (TPSA) is 142 Å². The number of sulfone groups is 1. The highest BCUT2D eigenvalue weighted by Gasteiger charge is 2.54. The Morgan fingerprint density at radius 1 is 1.10 bits per heavy atom. The lowest BCUT2D eigenvalue weighted by Crippen LogP contribution is -2.47. The minimum atomic E-state index is -3.66. The van der Waals surface area contributed by atoms with Gasteiger partial charge < -0.3 is 25.0 Å². The van der Waals surface area contributed by atoms with E-state index in [4.69, 9.17) is 9.47 Å². The summed E-state index contributed by atoms with van der Waals surface area (Å²) >= 11 is 3.42. The molecule has 1 spiro atoms. The third-order valence-electron chi connectivity index (χ3n) is 8.48. The van der Waals surface area contributed by atoms with E-state index in [0.29, 0.717) is 56.0 Å². The first kappa shape index (κ1) is 30.9. The van der Waals surface area contributed by atoms with E-state index in [9.17, 15) is 27.0 Å². The fourth-order valence-corrected chi connectivity index (χ4v) is 9.18. The lowest BCUT2D eigenvalue weighted by Gasteiger charge is -2.38. The Hall–Kier alpha value is -1.58. The molecule has 2 atom stereocenters. The summed E-state index contributed by atoms with van der Waals surface area (Å²) < 4.78 is 65.2. The molecule has 2 aromatic rings. The second kappa shape index (κ2) is 11.8. The van der Waals surface area contributed by atoms with Crippen LogP contribution < -0.4 is 10.1 Å². The molecule has 3 aliphatic rings. The maximum atomic E-state index is 13.2. The quantitative estimate of drug-likeness (QED) is 0.328. The Morgan fingerprint density at radius 3 is 2.49 bits per heavy atom. The first-order valence-electron chi connectivity index (χ1n) is 13.8. The van der Waals surface area contributed by atoms with E-state index >= 15 is 0 Å². The van der Waals surface area contributed by atoms with Crippen LogP contribution in [0.2, 0.25) is 0 Å². The fraction of sp³-hybridized carbons (Fsp3) is 0.571. The number of hydrogen-bond donors (Lipinski definition) is 3. The molecule has 3 fully saturated rings. The van der Waals surface area contributed by atoms with Crippen LogP contribution in [0.1, 0.15) is 37.7 Å².